The lowest BCUT2D eigenvalue weighted by atomic mass is 9.90. The van der Waals surface area contributed by atoms with E-state index in [9.17, 15) is 4.79 Å². The van der Waals surface area contributed by atoms with Crippen molar-refractivity contribution < 1.29 is 14.3 Å². The van der Waals surface area contributed by atoms with Crippen molar-refractivity contribution in [2.24, 2.45) is 13.0 Å². The zero-order chi connectivity index (χ0) is 18.1. The predicted octanol–water partition coefficient (Wildman–Crippen LogP) is 2.28. The third-order valence-electron chi connectivity index (χ3n) is 4.83. The number of anilines is 1. The maximum Gasteiger partial charge on any atom is 0.229 e. The minimum atomic E-state index is -0.137. The van der Waals surface area contributed by atoms with Crippen LogP contribution in [0.2, 0.25) is 0 Å². The first-order chi connectivity index (χ1) is 12.7. The summed E-state index contributed by atoms with van der Waals surface area (Å²) in [4.78, 5) is 13.9. The number of thioether (sulfide) groups is 1. The van der Waals surface area contributed by atoms with Crippen LogP contribution in [0.4, 0.5) is 5.69 Å². The highest BCUT2D eigenvalue weighted by atomic mass is 35.5. The van der Waals surface area contributed by atoms with Gasteiger partial charge in [0.2, 0.25) is 5.91 Å². The molecule has 2 aromatic rings. The number of aromatic nitrogens is 2. The molecule has 1 aromatic heterocycles. The second kappa shape index (κ2) is 8.41. The third-order valence-corrected chi connectivity index (χ3v) is 5.60. The average Bonchev–Trinajstić information content (AvgIpc) is 3.29. The van der Waals surface area contributed by atoms with Crippen LogP contribution in [0.5, 0.6) is 11.5 Å². The predicted molar refractivity (Wildman–Crippen MR) is 107 cm³/mol. The van der Waals surface area contributed by atoms with Crippen LogP contribution in [-0.4, -0.2) is 48.2 Å². The number of benzene rings is 1. The van der Waals surface area contributed by atoms with E-state index in [1.54, 1.807) is 16.4 Å². The fourth-order valence-electron chi connectivity index (χ4n) is 3.50. The van der Waals surface area contributed by atoms with E-state index in [4.69, 9.17) is 9.47 Å². The van der Waals surface area contributed by atoms with Gasteiger partial charge in [-0.25, -0.2) is 0 Å². The normalized spacial score (nSPS) is 20.8. The molecule has 9 heteroatoms. The molecule has 1 aromatic carbocycles. The minimum absolute atomic E-state index is 0. The van der Waals surface area contributed by atoms with Crippen LogP contribution in [0.25, 0.3) is 0 Å². The van der Waals surface area contributed by atoms with Crippen molar-refractivity contribution in [3.63, 3.8) is 0 Å². The summed E-state index contributed by atoms with van der Waals surface area (Å²) >= 11 is 1.57. The Hall–Kier alpha value is -1.90. The Kier molecular flexibility index (Phi) is 6.18. The fraction of sp³-hybridized carbons (Fsp3) is 0.444. The first kappa shape index (κ1) is 19.9. The van der Waals surface area contributed by atoms with Crippen molar-refractivity contribution in [2.45, 2.75) is 10.8 Å². The Bertz CT molecular complexity index is 829. The zero-order valence-corrected chi connectivity index (χ0v) is 16.9. The van der Waals surface area contributed by atoms with E-state index in [0.717, 1.165) is 28.4 Å². The van der Waals surface area contributed by atoms with E-state index in [1.807, 2.05) is 37.8 Å². The Morgan fingerprint density at radius 3 is 2.70 bits per heavy atom. The summed E-state index contributed by atoms with van der Waals surface area (Å²) in [5.41, 5.74) is 1.86. The molecule has 27 heavy (non-hydrogen) atoms. The molecule has 7 nitrogen and oxygen atoms in total. The highest BCUT2D eigenvalue weighted by Crippen LogP contribution is 2.40. The van der Waals surface area contributed by atoms with Gasteiger partial charge in [0.15, 0.2) is 11.5 Å². The van der Waals surface area contributed by atoms with Gasteiger partial charge in [0.05, 0.1) is 17.8 Å². The summed E-state index contributed by atoms with van der Waals surface area (Å²) in [6.45, 7) is 2.51. The standard InChI is InChI=1S/C18H22N4O3S.ClH/c1-22-10-11(7-20-22)12-8-19-9-13(12)18(23)21-14-5-15-16(6-17(14)26-2)25-4-3-24-15;/h5-7,10,12-13,19H,3-4,8-9H2,1-2H3,(H,21,23);1H/t12-,13+;/m1./s1. The molecule has 2 aliphatic heterocycles. The molecule has 4 rings (SSSR count). The number of halogens is 1. The fourth-order valence-corrected chi connectivity index (χ4v) is 4.05. The molecule has 2 N–H and O–H groups in total. The van der Waals surface area contributed by atoms with Crippen molar-refractivity contribution in [2.75, 3.05) is 37.9 Å². The van der Waals surface area contributed by atoms with Gasteiger partial charge in [0.25, 0.3) is 0 Å². The Morgan fingerprint density at radius 1 is 1.30 bits per heavy atom. The molecule has 2 aliphatic rings. The van der Waals surface area contributed by atoms with Crippen LogP contribution in [0, 0.1) is 5.92 Å². The molecule has 0 aliphatic carbocycles. The number of fused-ring (bicyclic) bond motifs is 1. The summed E-state index contributed by atoms with van der Waals surface area (Å²) in [5.74, 6) is 1.41. The van der Waals surface area contributed by atoms with Crippen LogP contribution >= 0.6 is 24.2 Å². The summed E-state index contributed by atoms with van der Waals surface area (Å²) in [5, 5.41) is 10.7. The first-order valence-electron chi connectivity index (χ1n) is 8.63. The number of ether oxygens (including phenoxy) is 2. The van der Waals surface area contributed by atoms with E-state index in [0.29, 0.717) is 25.5 Å². The van der Waals surface area contributed by atoms with Crippen LogP contribution in [-0.2, 0) is 11.8 Å². The third kappa shape index (κ3) is 4.02. The van der Waals surface area contributed by atoms with Gasteiger partial charge in [-0.1, -0.05) is 0 Å². The van der Waals surface area contributed by atoms with E-state index in [2.05, 4.69) is 15.7 Å². The zero-order valence-electron chi connectivity index (χ0n) is 15.2. The molecular formula is C18H23ClN4O3S. The molecule has 0 spiro atoms. The van der Waals surface area contributed by atoms with Gasteiger partial charge >= 0.3 is 0 Å². The smallest absolute Gasteiger partial charge is 0.229 e. The van der Waals surface area contributed by atoms with E-state index in [1.165, 1.54) is 0 Å². The lowest BCUT2D eigenvalue weighted by molar-refractivity contribution is -0.119. The van der Waals surface area contributed by atoms with Crippen LogP contribution in [0.15, 0.2) is 29.4 Å². The number of rotatable bonds is 4. The average molecular weight is 411 g/mol. The molecule has 146 valence electrons. The van der Waals surface area contributed by atoms with Gasteiger partial charge in [-0.3, -0.25) is 9.48 Å². The van der Waals surface area contributed by atoms with E-state index in [-0.39, 0.29) is 30.2 Å². The molecule has 0 bridgehead atoms. The number of carbonyl (C=O) groups is 1. The summed E-state index contributed by atoms with van der Waals surface area (Å²) in [7, 11) is 1.89. The van der Waals surface area contributed by atoms with Gasteiger partial charge < -0.3 is 20.1 Å². The van der Waals surface area contributed by atoms with Gasteiger partial charge in [-0.2, -0.15) is 5.10 Å². The monoisotopic (exact) mass is 410 g/mol. The van der Waals surface area contributed by atoms with Gasteiger partial charge in [0.1, 0.15) is 13.2 Å². The first-order valence-corrected chi connectivity index (χ1v) is 9.86. The van der Waals surface area contributed by atoms with Crippen molar-refractivity contribution >= 4 is 35.8 Å². The molecule has 0 radical (unpaired) electrons. The number of amides is 1. The van der Waals surface area contributed by atoms with Crippen molar-refractivity contribution in [1.29, 1.82) is 0 Å². The second-order valence-electron chi connectivity index (χ2n) is 6.50. The number of aryl methyl sites for hydroxylation is 1. The van der Waals surface area contributed by atoms with Crippen molar-refractivity contribution in [1.82, 2.24) is 15.1 Å². The van der Waals surface area contributed by atoms with Crippen LogP contribution < -0.4 is 20.1 Å². The number of hydrogen-bond acceptors (Lipinski definition) is 6. The maximum absolute atomic E-state index is 13.0. The SMILES string of the molecule is CSc1cc2c(cc1NC(=O)[C@H]1CNC[C@@H]1c1cnn(C)c1)OCCO2.Cl. The lowest BCUT2D eigenvalue weighted by Gasteiger charge is -2.22. The number of carbonyl (C=O) groups excluding carboxylic acids is 1. The van der Waals surface area contributed by atoms with Gasteiger partial charge in [0, 0.05) is 43.2 Å². The Labute approximate surface area is 168 Å². The number of nitrogens with zero attached hydrogens (tertiary/aromatic N) is 2. The summed E-state index contributed by atoms with van der Waals surface area (Å²) < 4.78 is 13.1. The molecule has 2 atom stereocenters. The number of nitrogens with one attached hydrogen (secondary N) is 2. The Balaban J connectivity index is 0.00000210. The van der Waals surface area contributed by atoms with Gasteiger partial charge in [-0.05, 0) is 17.9 Å². The summed E-state index contributed by atoms with van der Waals surface area (Å²) in [6, 6.07) is 3.79. The van der Waals surface area contributed by atoms with Gasteiger partial charge in [-0.15, -0.1) is 24.2 Å². The summed E-state index contributed by atoms with van der Waals surface area (Å²) in [6.07, 6.45) is 5.81. The maximum atomic E-state index is 13.0. The largest absolute Gasteiger partial charge is 0.486 e. The molecular weight excluding hydrogens is 388 g/mol. The molecule has 3 heterocycles. The van der Waals surface area contributed by atoms with Crippen LogP contribution in [0.3, 0.4) is 0 Å². The topological polar surface area (TPSA) is 77.4 Å². The van der Waals surface area contributed by atoms with Crippen molar-refractivity contribution in [3.8, 4) is 11.5 Å². The van der Waals surface area contributed by atoms with Crippen LogP contribution in [0.1, 0.15) is 11.5 Å². The lowest BCUT2D eigenvalue weighted by Crippen LogP contribution is -2.28. The molecule has 1 saturated heterocycles. The molecule has 1 fully saturated rings. The quantitative estimate of drug-likeness (QED) is 0.753. The second-order valence-corrected chi connectivity index (χ2v) is 7.35. The molecule has 0 unspecified atom stereocenters. The van der Waals surface area contributed by atoms with E-state index >= 15 is 0 Å². The minimum Gasteiger partial charge on any atom is -0.486 e. The van der Waals surface area contributed by atoms with E-state index < -0.39 is 0 Å². The highest BCUT2D eigenvalue weighted by molar-refractivity contribution is 7.98. The molecule has 1 amide bonds. The highest BCUT2D eigenvalue weighted by Gasteiger charge is 2.35. The number of hydrogen-bond donors (Lipinski definition) is 2. The van der Waals surface area contributed by atoms with Crippen molar-refractivity contribution in [3.05, 3.63) is 30.1 Å². The molecule has 0 saturated carbocycles. The Morgan fingerprint density at radius 2 is 2.04 bits per heavy atom.